The summed E-state index contributed by atoms with van der Waals surface area (Å²) in [6.45, 7) is 1.79. The van der Waals surface area contributed by atoms with Crippen molar-refractivity contribution in [2.24, 2.45) is 0 Å². The van der Waals surface area contributed by atoms with Gasteiger partial charge in [-0.3, -0.25) is 13.7 Å². The van der Waals surface area contributed by atoms with E-state index in [1.54, 1.807) is 0 Å². The topological polar surface area (TPSA) is 115 Å². The molecule has 1 aromatic rings. The molecule has 10 heteroatoms. The van der Waals surface area contributed by atoms with E-state index < -0.39 is 37.3 Å². The quantitative estimate of drug-likeness (QED) is 0.704. The molecule has 5 atom stereocenters. The van der Waals surface area contributed by atoms with E-state index in [2.05, 4.69) is 4.98 Å². The molecule has 21 heavy (non-hydrogen) atoms. The van der Waals surface area contributed by atoms with Gasteiger partial charge in [-0.1, -0.05) is 0 Å². The number of hydrogen-bond acceptors (Lipinski definition) is 8. The molecule has 0 amide bonds. The molecule has 2 N–H and O–H groups in total. The van der Waals surface area contributed by atoms with Crippen LogP contribution in [0.2, 0.25) is 0 Å². The average molecular weight is 315 g/mol. The summed E-state index contributed by atoms with van der Waals surface area (Å²) in [7, 11) is -3.12. The lowest BCUT2D eigenvalue weighted by molar-refractivity contribution is -0.189. The van der Waals surface area contributed by atoms with Crippen LogP contribution in [-0.2, 0) is 23.1 Å². The fourth-order valence-electron chi connectivity index (χ4n) is 2.96. The summed E-state index contributed by atoms with van der Waals surface area (Å²) in [5.41, 5.74) is 4.10. The maximum absolute atomic E-state index is 12.0. The predicted octanol–water partition coefficient (Wildman–Crippen LogP) is -0.270. The largest absolute Gasteiger partial charge is 0.383 e. The van der Waals surface area contributed by atoms with Crippen LogP contribution in [0, 0.1) is 0 Å². The standard InChI is InChI=1S/C11H14N3O6P/c1-21(16)18-5-11-4-17-7(8(11)20-21)9(19-11)14-3-2-6(12)13-10(14)15/h2-3,7-9H,4-5H2,1H3,(H2,12,13,15)/t7-,8+,9-,11-,21?/m1/s1. The number of nitrogen functional groups attached to an aromatic ring is 1. The van der Waals surface area contributed by atoms with Crippen LogP contribution < -0.4 is 11.4 Å². The zero-order valence-electron chi connectivity index (χ0n) is 11.2. The molecule has 0 aromatic carbocycles. The van der Waals surface area contributed by atoms with Crippen LogP contribution in [0.1, 0.15) is 6.23 Å². The minimum absolute atomic E-state index is 0.107. The summed E-state index contributed by atoms with van der Waals surface area (Å²) in [5, 5.41) is 0. The van der Waals surface area contributed by atoms with Gasteiger partial charge < -0.3 is 19.7 Å². The Balaban J connectivity index is 1.72. The molecule has 0 aliphatic carbocycles. The Morgan fingerprint density at radius 1 is 1.52 bits per heavy atom. The van der Waals surface area contributed by atoms with Gasteiger partial charge in [0.2, 0.25) is 0 Å². The van der Waals surface area contributed by atoms with E-state index >= 15 is 0 Å². The minimum atomic E-state index is -3.12. The highest BCUT2D eigenvalue weighted by molar-refractivity contribution is 7.53. The summed E-state index contributed by atoms with van der Waals surface area (Å²) in [6, 6.07) is 1.50. The second-order valence-corrected chi connectivity index (χ2v) is 7.47. The SMILES string of the molecule is CP1(=O)OC[C@@]23CO[C@@H]([C@H](n4ccc(N)nc4=O)O2)[C@@H]3O1. The lowest BCUT2D eigenvalue weighted by Crippen LogP contribution is -2.48. The number of ether oxygens (including phenoxy) is 2. The Morgan fingerprint density at radius 3 is 3.10 bits per heavy atom. The molecule has 114 valence electrons. The highest BCUT2D eigenvalue weighted by Gasteiger charge is 2.67. The molecule has 2 bridgehead atoms. The van der Waals surface area contributed by atoms with Gasteiger partial charge in [0, 0.05) is 12.9 Å². The van der Waals surface area contributed by atoms with Crippen molar-refractivity contribution >= 4 is 13.4 Å². The number of hydrogen-bond donors (Lipinski definition) is 1. The Kier molecular flexibility index (Phi) is 2.65. The van der Waals surface area contributed by atoms with Gasteiger partial charge in [0.25, 0.3) is 0 Å². The molecule has 4 rings (SSSR count). The Morgan fingerprint density at radius 2 is 2.33 bits per heavy atom. The zero-order chi connectivity index (χ0) is 14.8. The molecular weight excluding hydrogens is 301 g/mol. The Hall–Kier alpha value is -1.25. The van der Waals surface area contributed by atoms with Crippen molar-refractivity contribution in [1.29, 1.82) is 0 Å². The van der Waals surface area contributed by atoms with E-state index in [1.807, 2.05) is 0 Å². The van der Waals surface area contributed by atoms with Gasteiger partial charge in [-0.2, -0.15) is 4.98 Å². The smallest absolute Gasteiger partial charge is 0.351 e. The maximum atomic E-state index is 12.0. The lowest BCUT2D eigenvalue weighted by atomic mass is 10.0. The number of nitrogens with zero attached hydrogens (tertiary/aromatic N) is 2. The maximum Gasteiger partial charge on any atom is 0.351 e. The monoisotopic (exact) mass is 315 g/mol. The first-order valence-corrected chi connectivity index (χ1v) is 8.44. The fourth-order valence-corrected chi connectivity index (χ4v) is 4.20. The van der Waals surface area contributed by atoms with Gasteiger partial charge in [0.1, 0.15) is 23.6 Å². The molecule has 3 aliphatic heterocycles. The van der Waals surface area contributed by atoms with Crippen molar-refractivity contribution in [3.05, 3.63) is 22.7 Å². The predicted molar refractivity (Wildman–Crippen MR) is 69.9 cm³/mol. The van der Waals surface area contributed by atoms with Gasteiger partial charge in [-0.15, -0.1) is 0 Å². The number of aromatic nitrogens is 2. The van der Waals surface area contributed by atoms with Gasteiger partial charge in [-0.25, -0.2) is 4.79 Å². The third-order valence-electron chi connectivity index (χ3n) is 3.95. The van der Waals surface area contributed by atoms with Gasteiger partial charge in [-0.05, 0) is 6.07 Å². The molecule has 1 unspecified atom stereocenters. The summed E-state index contributed by atoms with van der Waals surface area (Å²) in [6.07, 6.45) is -0.276. The average Bonchev–Trinajstić information content (AvgIpc) is 2.90. The van der Waals surface area contributed by atoms with Gasteiger partial charge in [0.05, 0.1) is 13.2 Å². The first kappa shape index (κ1) is 13.4. The van der Waals surface area contributed by atoms with Crippen LogP contribution in [0.5, 0.6) is 0 Å². The van der Waals surface area contributed by atoms with Crippen LogP contribution >= 0.6 is 7.60 Å². The normalized spacial score (nSPS) is 44.7. The van der Waals surface area contributed by atoms with E-state index in [9.17, 15) is 9.36 Å². The minimum Gasteiger partial charge on any atom is -0.383 e. The second kappa shape index (κ2) is 4.15. The molecule has 0 radical (unpaired) electrons. The van der Waals surface area contributed by atoms with Crippen molar-refractivity contribution in [3.63, 3.8) is 0 Å². The summed E-state index contributed by atoms with van der Waals surface area (Å²) in [5.74, 6) is 0.133. The fraction of sp³-hybridized carbons (Fsp3) is 0.636. The third kappa shape index (κ3) is 1.89. The highest BCUT2D eigenvalue weighted by Crippen LogP contribution is 2.59. The molecular formula is C11H14N3O6P. The molecule has 3 aliphatic rings. The van der Waals surface area contributed by atoms with Crippen molar-refractivity contribution in [3.8, 4) is 0 Å². The molecule has 3 saturated heterocycles. The molecule has 9 nitrogen and oxygen atoms in total. The van der Waals surface area contributed by atoms with E-state index in [0.717, 1.165) is 0 Å². The van der Waals surface area contributed by atoms with Crippen LogP contribution in [0.3, 0.4) is 0 Å². The number of rotatable bonds is 1. The molecule has 3 fully saturated rings. The second-order valence-electron chi connectivity index (χ2n) is 5.46. The molecule has 0 spiro atoms. The Labute approximate surface area is 119 Å². The molecule has 4 heterocycles. The van der Waals surface area contributed by atoms with Crippen molar-refractivity contribution in [2.75, 3.05) is 25.6 Å². The van der Waals surface area contributed by atoms with Gasteiger partial charge in [0.15, 0.2) is 6.23 Å². The van der Waals surface area contributed by atoms with E-state index in [4.69, 9.17) is 24.3 Å². The van der Waals surface area contributed by atoms with Crippen LogP contribution in [0.25, 0.3) is 0 Å². The van der Waals surface area contributed by atoms with E-state index in [-0.39, 0.29) is 19.0 Å². The molecule has 0 saturated carbocycles. The summed E-state index contributed by atoms with van der Waals surface area (Å²) >= 11 is 0. The van der Waals surface area contributed by atoms with Crippen LogP contribution in [-0.4, -0.2) is 47.2 Å². The van der Waals surface area contributed by atoms with Crippen LogP contribution in [0.4, 0.5) is 5.82 Å². The summed E-state index contributed by atoms with van der Waals surface area (Å²) in [4.78, 5) is 15.6. The first-order chi connectivity index (χ1) is 9.90. The van der Waals surface area contributed by atoms with Crippen LogP contribution in [0.15, 0.2) is 17.1 Å². The third-order valence-corrected chi connectivity index (χ3v) is 5.16. The number of anilines is 1. The summed E-state index contributed by atoms with van der Waals surface area (Å²) < 4.78 is 35.6. The number of nitrogens with two attached hydrogens (primary N) is 1. The lowest BCUT2D eigenvalue weighted by Gasteiger charge is -2.36. The molecule has 1 aromatic heterocycles. The Bertz CT molecular complexity index is 707. The zero-order valence-corrected chi connectivity index (χ0v) is 12.1. The van der Waals surface area contributed by atoms with E-state index in [1.165, 1.54) is 23.5 Å². The van der Waals surface area contributed by atoms with E-state index in [0.29, 0.717) is 0 Å². The van der Waals surface area contributed by atoms with Crippen molar-refractivity contribution < 1.29 is 23.1 Å². The highest BCUT2D eigenvalue weighted by atomic mass is 31.2. The van der Waals surface area contributed by atoms with Crippen molar-refractivity contribution in [1.82, 2.24) is 9.55 Å². The van der Waals surface area contributed by atoms with Gasteiger partial charge >= 0.3 is 13.3 Å². The van der Waals surface area contributed by atoms with Crippen molar-refractivity contribution in [2.45, 2.75) is 24.0 Å². The first-order valence-electron chi connectivity index (χ1n) is 6.45.